The van der Waals surface area contributed by atoms with Gasteiger partial charge in [0.25, 0.3) is 9.05 Å². The van der Waals surface area contributed by atoms with Crippen molar-refractivity contribution in [2.75, 3.05) is 19.0 Å². The van der Waals surface area contributed by atoms with E-state index in [1.165, 1.54) is 25.2 Å². The maximum atomic E-state index is 11.4. The van der Waals surface area contributed by atoms with Crippen LogP contribution in [-0.4, -0.2) is 28.1 Å². The zero-order chi connectivity index (χ0) is 13.8. The molecule has 8 heteroatoms. The first kappa shape index (κ1) is 14.6. The molecule has 0 radical (unpaired) electrons. The molecule has 1 aromatic carbocycles. The molecule has 0 saturated heterocycles. The Labute approximate surface area is 110 Å². The van der Waals surface area contributed by atoms with Crippen LogP contribution >= 0.6 is 10.7 Å². The molecule has 0 spiro atoms. The van der Waals surface area contributed by atoms with Gasteiger partial charge in [-0.2, -0.15) is 0 Å². The number of hydrogen-bond acceptors (Lipinski definition) is 4. The molecule has 2 amide bonds. The van der Waals surface area contributed by atoms with Gasteiger partial charge in [0.2, 0.25) is 0 Å². The van der Waals surface area contributed by atoms with Gasteiger partial charge in [0.05, 0.1) is 6.61 Å². The van der Waals surface area contributed by atoms with E-state index in [-0.39, 0.29) is 10.6 Å². The molecule has 0 bridgehead atoms. The van der Waals surface area contributed by atoms with Crippen molar-refractivity contribution in [3.05, 3.63) is 18.2 Å². The number of benzene rings is 1. The van der Waals surface area contributed by atoms with Gasteiger partial charge in [0, 0.05) is 23.4 Å². The van der Waals surface area contributed by atoms with E-state index in [2.05, 4.69) is 10.6 Å². The largest absolute Gasteiger partial charge is 0.492 e. The summed E-state index contributed by atoms with van der Waals surface area (Å²) in [5.74, 6) is 0.148. The average Bonchev–Trinajstić information content (AvgIpc) is 2.30. The fraction of sp³-hybridized carbons (Fsp3) is 0.300. The van der Waals surface area contributed by atoms with Gasteiger partial charge in [-0.1, -0.05) is 0 Å². The number of carbonyl (C=O) groups is 1. The summed E-state index contributed by atoms with van der Waals surface area (Å²) in [6, 6.07) is 3.73. The molecule has 100 valence electrons. The normalized spacial score (nSPS) is 10.8. The molecule has 2 N–H and O–H groups in total. The topological polar surface area (TPSA) is 84.5 Å². The molecule has 18 heavy (non-hydrogen) atoms. The zero-order valence-electron chi connectivity index (χ0n) is 9.86. The van der Waals surface area contributed by atoms with E-state index in [4.69, 9.17) is 15.4 Å². The zero-order valence-corrected chi connectivity index (χ0v) is 11.4. The van der Waals surface area contributed by atoms with E-state index in [9.17, 15) is 13.2 Å². The summed E-state index contributed by atoms with van der Waals surface area (Å²) >= 11 is 0. The van der Waals surface area contributed by atoms with Crippen LogP contribution in [0.5, 0.6) is 5.75 Å². The Balaban J connectivity index is 3.17. The molecule has 0 heterocycles. The average molecular weight is 293 g/mol. The Bertz CT molecular complexity index is 545. The summed E-state index contributed by atoms with van der Waals surface area (Å²) in [5, 5.41) is 4.79. The minimum atomic E-state index is -3.95. The lowest BCUT2D eigenvalue weighted by atomic mass is 10.3. The molecule has 0 aromatic heterocycles. The molecule has 0 atom stereocenters. The lowest BCUT2D eigenvalue weighted by molar-refractivity contribution is 0.254. The quantitative estimate of drug-likeness (QED) is 0.828. The maximum Gasteiger partial charge on any atom is 0.318 e. The molecule has 0 aliphatic carbocycles. The van der Waals surface area contributed by atoms with Crippen LogP contribution in [0.1, 0.15) is 6.92 Å². The Hall–Kier alpha value is -1.47. The Kier molecular flexibility index (Phi) is 4.80. The number of amides is 2. The van der Waals surface area contributed by atoms with Crippen LogP contribution in [-0.2, 0) is 9.05 Å². The van der Waals surface area contributed by atoms with E-state index in [0.717, 1.165) is 0 Å². The highest BCUT2D eigenvalue weighted by atomic mass is 35.7. The van der Waals surface area contributed by atoms with Crippen LogP contribution in [0.15, 0.2) is 23.1 Å². The first-order valence-electron chi connectivity index (χ1n) is 5.08. The molecule has 0 saturated carbocycles. The van der Waals surface area contributed by atoms with E-state index in [1.54, 1.807) is 6.92 Å². The predicted molar refractivity (Wildman–Crippen MR) is 68.7 cm³/mol. The van der Waals surface area contributed by atoms with E-state index in [1.807, 2.05) is 0 Å². The number of carbonyl (C=O) groups excluding carboxylic acids is 1. The Morgan fingerprint density at radius 3 is 2.61 bits per heavy atom. The summed E-state index contributed by atoms with van der Waals surface area (Å²) in [4.78, 5) is 10.9. The van der Waals surface area contributed by atoms with Gasteiger partial charge in [-0.25, -0.2) is 13.2 Å². The number of hydrogen-bond donors (Lipinski definition) is 2. The summed E-state index contributed by atoms with van der Waals surface area (Å²) < 4.78 is 27.9. The van der Waals surface area contributed by atoms with Crippen LogP contribution in [0.2, 0.25) is 0 Å². The van der Waals surface area contributed by atoms with Crippen molar-refractivity contribution < 1.29 is 17.9 Å². The fourth-order valence-corrected chi connectivity index (χ4v) is 2.24. The number of nitrogens with one attached hydrogen (secondary N) is 2. The second-order valence-electron chi connectivity index (χ2n) is 3.24. The van der Waals surface area contributed by atoms with Crippen molar-refractivity contribution in [3.63, 3.8) is 0 Å². The molecule has 1 aromatic rings. The summed E-state index contributed by atoms with van der Waals surface area (Å²) in [6.45, 7) is 2.03. The smallest absolute Gasteiger partial charge is 0.318 e. The predicted octanol–water partition coefficient (Wildman–Crippen LogP) is 1.76. The molecular formula is C10H13ClN2O4S. The van der Waals surface area contributed by atoms with Crippen molar-refractivity contribution in [1.29, 1.82) is 0 Å². The molecule has 0 unspecified atom stereocenters. The summed E-state index contributed by atoms with van der Waals surface area (Å²) in [7, 11) is 2.81. The number of rotatable bonds is 4. The first-order valence-corrected chi connectivity index (χ1v) is 7.39. The molecule has 6 nitrogen and oxygen atoms in total. The maximum absolute atomic E-state index is 11.4. The number of ether oxygens (including phenoxy) is 1. The van der Waals surface area contributed by atoms with Crippen molar-refractivity contribution in [2.45, 2.75) is 11.8 Å². The van der Waals surface area contributed by atoms with Gasteiger partial charge in [0.15, 0.2) is 0 Å². The molecule has 0 aliphatic heterocycles. The number of halogens is 1. The van der Waals surface area contributed by atoms with Crippen LogP contribution < -0.4 is 15.4 Å². The van der Waals surface area contributed by atoms with Crippen LogP contribution in [0.4, 0.5) is 10.5 Å². The van der Waals surface area contributed by atoms with Crippen LogP contribution in [0, 0.1) is 0 Å². The Morgan fingerprint density at radius 2 is 2.11 bits per heavy atom. The van der Waals surface area contributed by atoms with Gasteiger partial charge in [-0.15, -0.1) is 0 Å². The second kappa shape index (κ2) is 5.92. The third-order valence-electron chi connectivity index (χ3n) is 1.99. The summed E-state index contributed by atoms with van der Waals surface area (Å²) in [5.41, 5.74) is 0.303. The Morgan fingerprint density at radius 1 is 1.44 bits per heavy atom. The first-order chi connectivity index (χ1) is 8.38. The lowest BCUT2D eigenvalue weighted by Crippen LogP contribution is -2.24. The molecular weight excluding hydrogens is 280 g/mol. The third kappa shape index (κ3) is 3.78. The monoisotopic (exact) mass is 292 g/mol. The fourth-order valence-electron chi connectivity index (χ4n) is 1.24. The highest BCUT2D eigenvalue weighted by Gasteiger charge is 2.18. The van der Waals surface area contributed by atoms with E-state index < -0.39 is 15.1 Å². The van der Waals surface area contributed by atoms with E-state index in [0.29, 0.717) is 12.3 Å². The SMILES string of the molecule is CCOc1ccc(NC(=O)NC)cc1S(=O)(=O)Cl. The van der Waals surface area contributed by atoms with Crippen molar-refractivity contribution >= 4 is 31.5 Å². The second-order valence-corrected chi connectivity index (χ2v) is 5.77. The van der Waals surface area contributed by atoms with Crippen LogP contribution in [0.3, 0.4) is 0 Å². The summed E-state index contributed by atoms with van der Waals surface area (Å²) in [6.07, 6.45) is 0. The van der Waals surface area contributed by atoms with Crippen molar-refractivity contribution in [1.82, 2.24) is 5.32 Å². The van der Waals surface area contributed by atoms with Gasteiger partial charge in [-0.3, -0.25) is 0 Å². The van der Waals surface area contributed by atoms with Gasteiger partial charge in [-0.05, 0) is 25.1 Å². The number of urea groups is 1. The minimum Gasteiger partial charge on any atom is -0.492 e. The molecule has 1 rings (SSSR count). The standard InChI is InChI=1S/C10H13ClN2O4S/c1-3-17-8-5-4-7(13-10(14)12-2)6-9(8)18(11,15)16/h4-6H,3H2,1-2H3,(H2,12,13,14). The number of anilines is 1. The van der Waals surface area contributed by atoms with Crippen molar-refractivity contribution in [2.24, 2.45) is 0 Å². The van der Waals surface area contributed by atoms with Crippen molar-refractivity contribution in [3.8, 4) is 5.75 Å². The minimum absolute atomic E-state index is 0.148. The van der Waals surface area contributed by atoms with E-state index >= 15 is 0 Å². The third-order valence-corrected chi connectivity index (χ3v) is 3.33. The molecule has 0 fully saturated rings. The van der Waals surface area contributed by atoms with Crippen LogP contribution in [0.25, 0.3) is 0 Å². The molecule has 0 aliphatic rings. The van der Waals surface area contributed by atoms with Gasteiger partial charge in [0.1, 0.15) is 10.6 Å². The van der Waals surface area contributed by atoms with Gasteiger partial charge < -0.3 is 15.4 Å². The van der Waals surface area contributed by atoms with Gasteiger partial charge >= 0.3 is 6.03 Å². The lowest BCUT2D eigenvalue weighted by Gasteiger charge is -2.10. The highest BCUT2D eigenvalue weighted by molar-refractivity contribution is 8.13. The highest BCUT2D eigenvalue weighted by Crippen LogP contribution is 2.29.